The molecule has 0 heterocycles. The molecule has 4 nitrogen and oxygen atoms in total. The molecule has 0 radical (unpaired) electrons. The van der Waals surface area contributed by atoms with Crippen LogP contribution >= 0.6 is 0 Å². The number of ether oxygens (including phenoxy) is 1. The van der Waals surface area contributed by atoms with E-state index in [1.54, 1.807) is 18.2 Å². The number of carboxylic acids is 1. The second-order valence-corrected chi connectivity index (χ2v) is 4.50. The minimum atomic E-state index is -1.01. The van der Waals surface area contributed by atoms with Gasteiger partial charge in [-0.05, 0) is 49.2 Å². The minimum Gasteiger partial charge on any atom is -0.478 e. The van der Waals surface area contributed by atoms with E-state index in [1.165, 1.54) is 12.1 Å². The van der Waals surface area contributed by atoms with Crippen molar-refractivity contribution < 1.29 is 14.6 Å². The monoisotopic (exact) mass is 267 g/mol. The van der Waals surface area contributed by atoms with Crippen LogP contribution in [0.2, 0.25) is 0 Å². The summed E-state index contributed by atoms with van der Waals surface area (Å²) in [5.74, 6) is -0.159. The van der Waals surface area contributed by atoms with Gasteiger partial charge in [0.2, 0.25) is 0 Å². The SMILES string of the molecule is Cc1ccc(Oc2cc(C(=O)O)ccc2C)c(C#N)c1. The first-order chi connectivity index (χ1) is 9.51. The molecule has 0 bridgehead atoms. The number of nitriles is 1. The van der Waals surface area contributed by atoms with Crippen LogP contribution in [0.5, 0.6) is 11.5 Å². The van der Waals surface area contributed by atoms with Crippen LogP contribution < -0.4 is 4.74 Å². The summed E-state index contributed by atoms with van der Waals surface area (Å²) >= 11 is 0. The summed E-state index contributed by atoms with van der Waals surface area (Å²) in [7, 11) is 0. The summed E-state index contributed by atoms with van der Waals surface area (Å²) in [5, 5.41) is 18.1. The van der Waals surface area contributed by atoms with E-state index in [0.29, 0.717) is 17.1 Å². The van der Waals surface area contributed by atoms with Crippen molar-refractivity contribution >= 4 is 5.97 Å². The molecule has 0 aliphatic carbocycles. The van der Waals surface area contributed by atoms with Crippen molar-refractivity contribution in [1.82, 2.24) is 0 Å². The first kappa shape index (κ1) is 13.6. The van der Waals surface area contributed by atoms with E-state index in [2.05, 4.69) is 6.07 Å². The van der Waals surface area contributed by atoms with Gasteiger partial charge in [-0.3, -0.25) is 0 Å². The fraction of sp³-hybridized carbons (Fsp3) is 0.125. The molecule has 0 spiro atoms. The molecule has 0 atom stereocenters. The molecule has 20 heavy (non-hydrogen) atoms. The molecule has 0 saturated heterocycles. The Balaban J connectivity index is 2.42. The average molecular weight is 267 g/mol. The highest BCUT2D eigenvalue weighted by molar-refractivity contribution is 5.88. The molecule has 2 rings (SSSR count). The van der Waals surface area contributed by atoms with E-state index in [-0.39, 0.29) is 5.56 Å². The second kappa shape index (κ2) is 5.45. The maximum Gasteiger partial charge on any atom is 0.335 e. The van der Waals surface area contributed by atoms with Crippen molar-refractivity contribution in [2.24, 2.45) is 0 Å². The maximum atomic E-state index is 11.0. The van der Waals surface area contributed by atoms with Crippen molar-refractivity contribution in [1.29, 1.82) is 5.26 Å². The lowest BCUT2D eigenvalue weighted by Gasteiger charge is -2.11. The van der Waals surface area contributed by atoms with E-state index < -0.39 is 5.97 Å². The van der Waals surface area contributed by atoms with Gasteiger partial charge >= 0.3 is 5.97 Å². The van der Waals surface area contributed by atoms with Gasteiger partial charge in [0.1, 0.15) is 17.6 Å². The smallest absolute Gasteiger partial charge is 0.335 e. The zero-order valence-electron chi connectivity index (χ0n) is 11.2. The van der Waals surface area contributed by atoms with Crippen molar-refractivity contribution in [3.8, 4) is 17.6 Å². The summed E-state index contributed by atoms with van der Waals surface area (Å²) in [5.41, 5.74) is 2.34. The van der Waals surface area contributed by atoms with Crippen LogP contribution in [0.3, 0.4) is 0 Å². The van der Waals surface area contributed by atoms with Gasteiger partial charge in [-0.15, -0.1) is 0 Å². The number of hydrogen-bond donors (Lipinski definition) is 1. The fourth-order valence-electron chi connectivity index (χ4n) is 1.78. The van der Waals surface area contributed by atoms with Crippen molar-refractivity contribution in [2.75, 3.05) is 0 Å². The largest absolute Gasteiger partial charge is 0.478 e. The Labute approximate surface area is 116 Å². The van der Waals surface area contributed by atoms with Crippen LogP contribution in [0.15, 0.2) is 36.4 Å². The van der Waals surface area contributed by atoms with Gasteiger partial charge in [-0.1, -0.05) is 12.1 Å². The van der Waals surface area contributed by atoms with E-state index in [9.17, 15) is 4.79 Å². The van der Waals surface area contributed by atoms with E-state index in [4.69, 9.17) is 15.1 Å². The third-order valence-corrected chi connectivity index (χ3v) is 2.91. The van der Waals surface area contributed by atoms with Crippen LogP contribution in [0.4, 0.5) is 0 Å². The number of aryl methyl sites for hydroxylation is 2. The Hall–Kier alpha value is -2.80. The topological polar surface area (TPSA) is 70.3 Å². The molecule has 2 aromatic rings. The van der Waals surface area contributed by atoms with E-state index in [0.717, 1.165) is 11.1 Å². The molecule has 0 amide bonds. The molecular formula is C16H13NO3. The number of aromatic carboxylic acids is 1. The number of hydrogen-bond acceptors (Lipinski definition) is 3. The molecule has 0 aliphatic rings. The fourth-order valence-corrected chi connectivity index (χ4v) is 1.78. The first-order valence-electron chi connectivity index (χ1n) is 6.04. The maximum absolute atomic E-state index is 11.0. The minimum absolute atomic E-state index is 0.149. The van der Waals surface area contributed by atoms with Gasteiger partial charge in [0.25, 0.3) is 0 Å². The number of rotatable bonds is 3. The van der Waals surface area contributed by atoms with Gasteiger partial charge in [0.15, 0.2) is 0 Å². The lowest BCUT2D eigenvalue weighted by atomic mass is 10.1. The van der Waals surface area contributed by atoms with Crippen LogP contribution in [-0.4, -0.2) is 11.1 Å². The summed E-state index contributed by atoms with van der Waals surface area (Å²) in [6.45, 7) is 3.71. The Bertz CT molecular complexity index is 714. The second-order valence-electron chi connectivity index (χ2n) is 4.50. The third kappa shape index (κ3) is 2.78. The molecule has 100 valence electrons. The van der Waals surface area contributed by atoms with Gasteiger partial charge in [0, 0.05) is 0 Å². The van der Waals surface area contributed by atoms with Crippen LogP contribution in [0.25, 0.3) is 0 Å². The Morgan fingerprint density at radius 1 is 1.15 bits per heavy atom. The molecule has 0 aromatic heterocycles. The predicted molar refractivity (Wildman–Crippen MR) is 74.1 cm³/mol. The zero-order chi connectivity index (χ0) is 14.7. The molecule has 0 aliphatic heterocycles. The summed E-state index contributed by atoms with van der Waals surface area (Å²) in [6, 6.07) is 12.0. The highest BCUT2D eigenvalue weighted by Crippen LogP contribution is 2.29. The Kier molecular flexibility index (Phi) is 3.72. The van der Waals surface area contributed by atoms with E-state index in [1.807, 2.05) is 19.9 Å². The Morgan fingerprint density at radius 3 is 2.55 bits per heavy atom. The van der Waals surface area contributed by atoms with Crippen molar-refractivity contribution in [3.05, 3.63) is 58.7 Å². The van der Waals surface area contributed by atoms with Gasteiger partial charge in [0.05, 0.1) is 11.1 Å². The summed E-state index contributed by atoms with van der Waals surface area (Å²) < 4.78 is 5.69. The quantitative estimate of drug-likeness (QED) is 0.921. The van der Waals surface area contributed by atoms with Crippen molar-refractivity contribution in [3.63, 3.8) is 0 Å². The van der Waals surface area contributed by atoms with Gasteiger partial charge in [-0.25, -0.2) is 4.79 Å². The highest BCUT2D eigenvalue weighted by Gasteiger charge is 2.10. The van der Waals surface area contributed by atoms with Crippen LogP contribution in [-0.2, 0) is 0 Å². The van der Waals surface area contributed by atoms with Gasteiger partial charge in [-0.2, -0.15) is 5.26 Å². The van der Waals surface area contributed by atoms with E-state index >= 15 is 0 Å². The molecular weight excluding hydrogens is 254 g/mol. The molecule has 0 saturated carbocycles. The van der Waals surface area contributed by atoms with Crippen molar-refractivity contribution in [2.45, 2.75) is 13.8 Å². The normalized spacial score (nSPS) is 9.85. The Morgan fingerprint density at radius 2 is 1.90 bits per heavy atom. The number of nitrogens with zero attached hydrogens (tertiary/aromatic N) is 1. The first-order valence-corrected chi connectivity index (χ1v) is 6.04. The molecule has 1 N–H and O–H groups in total. The number of benzene rings is 2. The summed E-state index contributed by atoms with van der Waals surface area (Å²) in [6.07, 6.45) is 0. The average Bonchev–Trinajstić information content (AvgIpc) is 2.42. The lowest BCUT2D eigenvalue weighted by molar-refractivity contribution is 0.0696. The number of carboxylic acid groups (broad SMARTS) is 1. The third-order valence-electron chi connectivity index (χ3n) is 2.91. The van der Waals surface area contributed by atoms with Gasteiger partial charge < -0.3 is 9.84 Å². The van der Waals surface area contributed by atoms with Crippen LogP contribution in [0.1, 0.15) is 27.0 Å². The number of carbonyl (C=O) groups is 1. The highest BCUT2D eigenvalue weighted by atomic mass is 16.5. The molecule has 4 heteroatoms. The summed E-state index contributed by atoms with van der Waals surface area (Å²) in [4.78, 5) is 11.0. The molecule has 2 aromatic carbocycles. The molecule has 0 unspecified atom stereocenters. The standard InChI is InChI=1S/C16H13NO3/c1-10-3-6-14(13(7-10)9-17)20-15-8-12(16(18)19)5-4-11(15)2/h3-8H,1-2H3,(H,18,19). The lowest BCUT2D eigenvalue weighted by Crippen LogP contribution is -1.98. The molecule has 0 fully saturated rings. The predicted octanol–water partition coefficient (Wildman–Crippen LogP) is 3.67. The van der Waals surface area contributed by atoms with Crippen LogP contribution in [0, 0.1) is 25.2 Å². The zero-order valence-corrected chi connectivity index (χ0v) is 11.2.